The number of fused-ring (bicyclic) bond motifs is 1. The Morgan fingerprint density at radius 3 is 2.83 bits per heavy atom. The van der Waals surface area contributed by atoms with Crippen molar-refractivity contribution in [2.24, 2.45) is 5.73 Å². The van der Waals surface area contributed by atoms with Crippen LogP contribution in [0.4, 0.5) is 0 Å². The monoisotopic (exact) mass is 267 g/mol. The minimum atomic E-state index is -3.08. The third-order valence-electron chi connectivity index (χ3n) is 3.87. The Balaban J connectivity index is 2.22. The number of benzene rings is 1. The van der Waals surface area contributed by atoms with Gasteiger partial charge in [-0.2, -0.15) is 0 Å². The lowest BCUT2D eigenvalue weighted by Gasteiger charge is -2.26. The molecule has 0 aliphatic heterocycles. The Bertz CT molecular complexity index is 510. The summed E-state index contributed by atoms with van der Waals surface area (Å²) in [4.78, 5) is 0. The Hall–Kier alpha value is -0.870. The fraction of sp³-hybridized carbons (Fsp3) is 0.571. The van der Waals surface area contributed by atoms with E-state index in [0.29, 0.717) is 0 Å². The van der Waals surface area contributed by atoms with Crippen molar-refractivity contribution in [2.45, 2.75) is 37.4 Å². The number of hydrogen-bond acceptors (Lipinski definition) is 3. The van der Waals surface area contributed by atoms with Crippen molar-refractivity contribution in [1.29, 1.82) is 0 Å². The maximum atomic E-state index is 12.2. The molecule has 18 heavy (non-hydrogen) atoms. The average molecular weight is 267 g/mol. The highest BCUT2D eigenvalue weighted by Gasteiger charge is 2.28. The molecule has 1 aromatic carbocycles. The van der Waals surface area contributed by atoms with E-state index in [2.05, 4.69) is 12.1 Å². The zero-order chi connectivity index (χ0) is 13.2. The van der Waals surface area contributed by atoms with Crippen LogP contribution in [0.2, 0.25) is 0 Å². The van der Waals surface area contributed by atoms with Crippen LogP contribution in [-0.2, 0) is 16.3 Å². The van der Waals surface area contributed by atoms with Crippen LogP contribution >= 0.6 is 0 Å². The Morgan fingerprint density at radius 1 is 1.39 bits per heavy atom. The van der Waals surface area contributed by atoms with Crippen LogP contribution in [-0.4, -0.2) is 26.0 Å². The summed E-state index contributed by atoms with van der Waals surface area (Å²) >= 11 is 0. The van der Waals surface area contributed by atoms with E-state index in [-0.39, 0.29) is 18.2 Å². The highest BCUT2D eigenvalue weighted by Crippen LogP contribution is 2.32. The predicted molar refractivity (Wildman–Crippen MR) is 74.4 cm³/mol. The topological polar surface area (TPSA) is 60.2 Å². The van der Waals surface area contributed by atoms with E-state index in [0.717, 1.165) is 19.3 Å². The van der Waals surface area contributed by atoms with Gasteiger partial charge in [0.05, 0.1) is 11.0 Å². The number of hydrogen-bond donors (Lipinski definition) is 1. The molecule has 0 amide bonds. The van der Waals surface area contributed by atoms with Crippen molar-refractivity contribution >= 4 is 9.84 Å². The number of rotatable bonds is 4. The van der Waals surface area contributed by atoms with Gasteiger partial charge in [-0.15, -0.1) is 0 Å². The van der Waals surface area contributed by atoms with E-state index in [1.54, 1.807) is 6.92 Å². The quantitative estimate of drug-likeness (QED) is 0.906. The van der Waals surface area contributed by atoms with E-state index < -0.39 is 15.1 Å². The molecule has 0 bridgehead atoms. The summed E-state index contributed by atoms with van der Waals surface area (Å²) in [5.74, 6) is 0.386. The number of aryl methyl sites for hydroxylation is 1. The Kier molecular flexibility index (Phi) is 4.07. The molecule has 0 saturated heterocycles. The third-order valence-corrected chi connectivity index (χ3v) is 6.16. The lowest BCUT2D eigenvalue weighted by atomic mass is 9.84. The van der Waals surface area contributed by atoms with Crippen LogP contribution in [0.3, 0.4) is 0 Å². The zero-order valence-electron chi connectivity index (χ0n) is 10.8. The molecule has 0 fully saturated rings. The summed E-state index contributed by atoms with van der Waals surface area (Å²) in [6, 6.07) is 8.20. The molecule has 2 atom stereocenters. The SMILES string of the molecule is CC(CN)S(=O)(=O)CC1CCCc2ccccc21. The smallest absolute Gasteiger partial charge is 0.154 e. The van der Waals surface area contributed by atoms with Crippen LogP contribution < -0.4 is 5.73 Å². The van der Waals surface area contributed by atoms with Gasteiger partial charge in [-0.25, -0.2) is 8.42 Å². The summed E-state index contributed by atoms with van der Waals surface area (Å²) in [5.41, 5.74) is 8.01. The molecule has 2 unspecified atom stereocenters. The molecule has 0 aromatic heterocycles. The van der Waals surface area contributed by atoms with Crippen molar-refractivity contribution in [3.05, 3.63) is 35.4 Å². The van der Waals surface area contributed by atoms with Crippen LogP contribution in [0.15, 0.2) is 24.3 Å². The van der Waals surface area contributed by atoms with Crippen LogP contribution in [0.5, 0.6) is 0 Å². The molecular weight excluding hydrogens is 246 g/mol. The van der Waals surface area contributed by atoms with E-state index >= 15 is 0 Å². The number of sulfone groups is 1. The average Bonchev–Trinajstić information content (AvgIpc) is 2.38. The van der Waals surface area contributed by atoms with Gasteiger partial charge >= 0.3 is 0 Å². The molecule has 100 valence electrons. The van der Waals surface area contributed by atoms with Gasteiger partial charge in [-0.1, -0.05) is 24.3 Å². The molecule has 2 rings (SSSR count). The first-order valence-electron chi connectivity index (χ1n) is 6.54. The molecule has 0 radical (unpaired) electrons. The van der Waals surface area contributed by atoms with Gasteiger partial charge in [-0.05, 0) is 43.2 Å². The van der Waals surface area contributed by atoms with Crippen LogP contribution in [0, 0.1) is 0 Å². The highest BCUT2D eigenvalue weighted by molar-refractivity contribution is 7.92. The van der Waals surface area contributed by atoms with Crippen molar-refractivity contribution in [3.8, 4) is 0 Å². The molecule has 4 heteroatoms. The Morgan fingerprint density at radius 2 is 2.11 bits per heavy atom. The van der Waals surface area contributed by atoms with Gasteiger partial charge in [0.15, 0.2) is 9.84 Å². The maximum Gasteiger partial charge on any atom is 0.154 e. The molecule has 0 saturated carbocycles. The molecule has 0 spiro atoms. The van der Waals surface area contributed by atoms with Crippen LogP contribution in [0.25, 0.3) is 0 Å². The lowest BCUT2D eigenvalue weighted by molar-refractivity contribution is 0.551. The fourth-order valence-electron chi connectivity index (χ4n) is 2.62. The fourth-order valence-corrected chi connectivity index (χ4v) is 4.15. The first-order chi connectivity index (χ1) is 8.54. The van der Waals surface area contributed by atoms with Crippen molar-refractivity contribution < 1.29 is 8.42 Å². The van der Waals surface area contributed by atoms with E-state index in [9.17, 15) is 8.42 Å². The van der Waals surface area contributed by atoms with Gasteiger partial charge < -0.3 is 5.73 Å². The summed E-state index contributed by atoms with van der Waals surface area (Å²) < 4.78 is 24.3. The molecule has 1 aromatic rings. The van der Waals surface area contributed by atoms with Gasteiger partial charge in [0, 0.05) is 6.54 Å². The normalized spacial score (nSPS) is 21.3. The maximum absolute atomic E-state index is 12.2. The van der Waals surface area contributed by atoms with Crippen molar-refractivity contribution in [1.82, 2.24) is 0 Å². The summed E-state index contributed by atoms with van der Waals surface area (Å²) in [6.07, 6.45) is 3.11. The minimum absolute atomic E-state index is 0.147. The molecule has 2 N–H and O–H groups in total. The molecular formula is C14H21NO2S. The van der Waals surface area contributed by atoms with E-state index in [1.165, 1.54) is 11.1 Å². The third kappa shape index (κ3) is 2.75. The van der Waals surface area contributed by atoms with E-state index in [4.69, 9.17) is 5.73 Å². The molecule has 1 aliphatic rings. The predicted octanol–water partition coefficient (Wildman–Crippen LogP) is 1.87. The van der Waals surface area contributed by atoms with E-state index in [1.807, 2.05) is 12.1 Å². The molecule has 0 heterocycles. The van der Waals surface area contributed by atoms with Gasteiger partial charge in [0.25, 0.3) is 0 Å². The second-order valence-electron chi connectivity index (χ2n) is 5.16. The second-order valence-corrected chi connectivity index (χ2v) is 7.63. The summed E-state index contributed by atoms with van der Waals surface area (Å²) in [7, 11) is -3.08. The first kappa shape index (κ1) is 13.6. The van der Waals surface area contributed by atoms with Crippen molar-refractivity contribution in [2.75, 3.05) is 12.3 Å². The highest BCUT2D eigenvalue weighted by atomic mass is 32.2. The van der Waals surface area contributed by atoms with Gasteiger partial charge in [-0.3, -0.25) is 0 Å². The summed E-state index contributed by atoms with van der Waals surface area (Å²) in [5, 5.41) is -0.438. The second kappa shape index (κ2) is 5.41. The first-order valence-corrected chi connectivity index (χ1v) is 8.25. The van der Waals surface area contributed by atoms with Crippen LogP contribution in [0.1, 0.15) is 36.8 Å². The number of nitrogens with two attached hydrogens (primary N) is 1. The van der Waals surface area contributed by atoms with Gasteiger partial charge in [0.1, 0.15) is 0 Å². The molecule has 3 nitrogen and oxygen atoms in total. The van der Waals surface area contributed by atoms with Gasteiger partial charge in [0.2, 0.25) is 0 Å². The Labute approximate surface area is 109 Å². The largest absolute Gasteiger partial charge is 0.329 e. The van der Waals surface area contributed by atoms with Crippen molar-refractivity contribution in [3.63, 3.8) is 0 Å². The molecule has 1 aliphatic carbocycles. The minimum Gasteiger partial charge on any atom is -0.329 e. The summed E-state index contributed by atoms with van der Waals surface area (Å²) in [6.45, 7) is 1.90. The zero-order valence-corrected chi connectivity index (χ0v) is 11.6. The lowest BCUT2D eigenvalue weighted by Crippen LogP contribution is -2.31. The standard InChI is InChI=1S/C14H21NO2S/c1-11(9-15)18(16,17)10-13-7-4-6-12-5-2-3-8-14(12)13/h2-3,5,8,11,13H,4,6-7,9-10,15H2,1H3.